The van der Waals surface area contributed by atoms with Gasteiger partial charge in [0.25, 0.3) is 0 Å². The molecule has 46 valence electrons. The van der Waals surface area contributed by atoms with Crippen LogP contribution in [0.5, 0.6) is 0 Å². The van der Waals surface area contributed by atoms with Crippen LogP contribution in [0.25, 0.3) is 0 Å². The average Bonchev–Trinajstić information content (AvgIpc) is 1.64. The lowest BCUT2D eigenvalue weighted by atomic mass is 10.1. The smallest absolute Gasteiger partial charge is 0.0829 e. The van der Waals surface area contributed by atoms with Crippen molar-refractivity contribution in [2.24, 2.45) is 4.99 Å². The largest absolute Gasteiger partial charge is 0.374 e. The van der Waals surface area contributed by atoms with Crippen LogP contribution >= 0.6 is 0 Å². The number of nitrogens with one attached hydrogen (secondary N) is 1. The molecule has 0 saturated heterocycles. The molecule has 0 aromatic heterocycles. The maximum atomic E-state index is 4.14. The van der Waals surface area contributed by atoms with Crippen LogP contribution in [0.3, 0.4) is 0 Å². The fraction of sp³-hybridized carbons (Fsp3) is 0.833. The predicted octanol–water partition coefficient (Wildman–Crippen LogP) is 0.785. The molecule has 1 N–H and O–H groups in total. The number of nitrogens with zero attached hydrogens (tertiary/aromatic N) is 1. The zero-order chi connectivity index (χ0) is 5.98. The number of hydrogen-bond acceptors (Lipinski definition) is 2. The van der Waals surface area contributed by atoms with Crippen LogP contribution in [0.2, 0.25) is 0 Å². The zero-order valence-corrected chi connectivity index (χ0v) is 5.39. The molecule has 1 unspecified atom stereocenters. The molecule has 2 heteroatoms. The molecule has 0 aromatic rings. The van der Waals surface area contributed by atoms with Gasteiger partial charge in [-0.1, -0.05) is 0 Å². The van der Waals surface area contributed by atoms with E-state index in [9.17, 15) is 0 Å². The van der Waals surface area contributed by atoms with Crippen molar-refractivity contribution >= 4 is 6.34 Å². The lowest BCUT2D eigenvalue weighted by Gasteiger charge is -2.18. The van der Waals surface area contributed by atoms with E-state index in [2.05, 4.69) is 24.2 Å². The SMILES string of the molecule is CC1C[C@H](C)N=CN1. The van der Waals surface area contributed by atoms with Crippen molar-refractivity contribution < 1.29 is 0 Å². The van der Waals surface area contributed by atoms with Gasteiger partial charge in [-0.3, -0.25) is 4.99 Å². The highest BCUT2D eigenvalue weighted by Gasteiger charge is 2.08. The second kappa shape index (κ2) is 2.16. The van der Waals surface area contributed by atoms with Gasteiger partial charge in [0.2, 0.25) is 0 Å². The summed E-state index contributed by atoms with van der Waals surface area (Å²) in [6, 6.07) is 1.13. The Labute approximate surface area is 50.0 Å². The van der Waals surface area contributed by atoms with Crippen LogP contribution in [-0.2, 0) is 0 Å². The maximum Gasteiger partial charge on any atom is 0.0829 e. The first-order valence-electron chi connectivity index (χ1n) is 3.06. The molecule has 1 aliphatic rings. The van der Waals surface area contributed by atoms with Crippen LogP contribution in [0.15, 0.2) is 4.99 Å². The van der Waals surface area contributed by atoms with E-state index in [1.807, 2.05) is 0 Å². The van der Waals surface area contributed by atoms with E-state index in [-0.39, 0.29) is 0 Å². The topological polar surface area (TPSA) is 24.4 Å². The van der Waals surface area contributed by atoms with Gasteiger partial charge in [-0.05, 0) is 20.3 Å². The second-order valence-corrected chi connectivity index (χ2v) is 2.43. The highest BCUT2D eigenvalue weighted by atomic mass is 15.0. The van der Waals surface area contributed by atoms with Gasteiger partial charge in [-0.15, -0.1) is 0 Å². The lowest BCUT2D eigenvalue weighted by molar-refractivity contribution is 0.520. The van der Waals surface area contributed by atoms with Crippen molar-refractivity contribution in [2.45, 2.75) is 32.4 Å². The van der Waals surface area contributed by atoms with E-state index >= 15 is 0 Å². The molecule has 0 spiro atoms. The Morgan fingerprint density at radius 3 is 2.75 bits per heavy atom. The van der Waals surface area contributed by atoms with Crippen molar-refractivity contribution in [3.8, 4) is 0 Å². The van der Waals surface area contributed by atoms with E-state index < -0.39 is 0 Å². The first kappa shape index (κ1) is 5.60. The Balaban J connectivity index is 2.42. The number of rotatable bonds is 0. The molecule has 0 aromatic carbocycles. The molecule has 2 atom stereocenters. The molecular formula is C6H12N2. The van der Waals surface area contributed by atoms with Gasteiger partial charge in [0.1, 0.15) is 0 Å². The van der Waals surface area contributed by atoms with E-state index in [1.165, 1.54) is 0 Å². The molecule has 1 aliphatic heterocycles. The summed E-state index contributed by atoms with van der Waals surface area (Å²) < 4.78 is 0. The minimum absolute atomic E-state index is 0.520. The third kappa shape index (κ3) is 1.22. The minimum atomic E-state index is 0.520. The van der Waals surface area contributed by atoms with E-state index in [0.717, 1.165) is 6.42 Å². The van der Waals surface area contributed by atoms with Crippen LogP contribution in [-0.4, -0.2) is 18.4 Å². The fourth-order valence-corrected chi connectivity index (χ4v) is 0.938. The van der Waals surface area contributed by atoms with E-state index in [0.29, 0.717) is 12.1 Å². The normalized spacial score (nSPS) is 36.8. The number of aliphatic imine (C=N–C) groups is 1. The fourth-order valence-electron chi connectivity index (χ4n) is 0.938. The van der Waals surface area contributed by atoms with Crippen LogP contribution in [0.1, 0.15) is 20.3 Å². The summed E-state index contributed by atoms with van der Waals surface area (Å²) in [6.45, 7) is 4.30. The van der Waals surface area contributed by atoms with Gasteiger partial charge >= 0.3 is 0 Å². The molecule has 0 aliphatic carbocycles. The Kier molecular flexibility index (Phi) is 1.51. The zero-order valence-electron chi connectivity index (χ0n) is 5.39. The molecule has 2 nitrogen and oxygen atoms in total. The van der Waals surface area contributed by atoms with Gasteiger partial charge in [-0.25, -0.2) is 0 Å². The van der Waals surface area contributed by atoms with Crippen molar-refractivity contribution in [1.82, 2.24) is 5.32 Å². The Morgan fingerprint density at radius 1 is 1.62 bits per heavy atom. The summed E-state index contributed by atoms with van der Waals surface area (Å²) in [4.78, 5) is 4.14. The third-order valence-electron chi connectivity index (χ3n) is 1.38. The second-order valence-electron chi connectivity index (χ2n) is 2.43. The molecule has 0 amide bonds. The summed E-state index contributed by atoms with van der Waals surface area (Å²) in [5.74, 6) is 0. The van der Waals surface area contributed by atoms with Crippen LogP contribution in [0.4, 0.5) is 0 Å². The Hall–Kier alpha value is -0.530. The molecule has 0 radical (unpaired) electrons. The monoisotopic (exact) mass is 112 g/mol. The predicted molar refractivity (Wildman–Crippen MR) is 35.2 cm³/mol. The maximum absolute atomic E-state index is 4.14. The summed E-state index contributed by atoms with van der Waals surface area (Å²) in [7, 11) is 0. The van der Waals surface area contributed by atoms with Crippen molar-refractivity contribution in [1.29, 1.82) is 0 Å². The summed E-state index contributed by atoms with van der Waals surface area (Å²) >= 11 is 0. The first-order chi connectivity index (χ1) is 3.79. The third-order valence-corrected chi connectivity index (χ3v) is 1.38. The van der Waals surface area contributed by atoms with Crippen molar-refractivity contribution in [2.75, 3.05) is 0 Å². The summed E-state index contributed by atoms with van der Waals surface area (Å²) in [5, 5.41) is 3.12. The summed E-state index contributed by atoms with van der Waals surface area (Å²) in [5.41, 5.74) is 0. The summed E-state index contributed by atoms with van der Waals surface area (Å²) in [6.07, 6.45) is 2.97. The molecule has 0 fully saturated rings. The molecule has 8 heavy (non-hydrogen) atoms. The Bertz CT molecular complexity index is 98.7. The van der Waals surface area contributed by atoms with Gasteiger partial charge in [0.15, 0.2) is 0 Å². The van der Waals surface area contributed by atoms with Crippen LogP contribution in [0, 0.1) is 0 Å². The average molecular weight is 112 g/mol. The van der Waals surface area contributed by atoms with Crippen LogP contribution < -0.4 is 5.32 Å². The molecular weight excluding hydrogens is 100 g/mol. The van der Waals surface area contributed by atoms with E-state index in [4.69, 9.17) is 0 Å². The minimum Gasteiger partial charge on any atom is -0.374 e. The Morgan fingerprint density at radius 2 is 2.38 bits per heavy atom. The lowest BCUT2D eigenvalue weighted by Crippen LogP contribution is -2.32. The van der Waals surface area contributed by atoms with Gasteiger partial charge in [0, 0.05) is 6.04 Å². The van der Waals surface area contributed by atoms with Gasteiger partial charge in [0.05, 0.1) is 12.4 Å². The van der Waals surface area contributed by atoms with Gasteiger partial charge < -0.3 is 5.32 Å². The van der Waals surface area contributed by atoms with Gasteiger partial charge in [-0.2, -0.15) is 0 Å². The first-order valence-corrected chi connectivity index (χ1v) is 3.06. The quantitative estimate of drug-likeness (QED) is 0.492. The molecule has 0 bridgehead atoms. The van der Waals surface area contributed by atoms with Crippen molar-refractivity contribution in [3.63, 3.8) is 0 Å². The standard InChI is InChI=1S/C6H12N2/c1-5-3-6(2)8-4-7-5/h4-6H,3H2,1-2H3,(H,7,8)/t5-,6?/m0/s1. The highest BCUT2D eigenvalue weighted by molar-refractivity contribution is 5.55. The van der Waals surface area contributed by atoms with Crippen molar-refractivity contribution in [3.05, 3.63) is 0 Å². The molecule has 0 saturated carbocycles. The van der Waals surface area contributed by atoms with E-state index in [1.54, 1.807) is 6.34 Å². The molecule has 1 rings (SSSR count). The number of hydrogen-bond donors (Lipinski definition) is 1. The highest BCUT2D eigenvalue weighted by Crippen LogP contribution is 2.03. The molecule has 1 heterocycles.